The average molecular weight is 552 g/mol. The lowest BCUT2D eigenvalue weighted by molar-refractivity contribution is -0.139. The molecule has 0 saturated heterocycles. The van der Waals surface area contributed by atoms with Crippen molar-refractivity contribution in [2.24, 2.45) is 0 Å². The first kappa shape index (κ1) is 29.7. The van der Waals surface area contributed by atoms with Crippen LogP contribution in [0.2, 0.25) is 0 Å². The van der Waals surface area contributed by atoms with Crippen molar-refractivity contribution in [3.8, 4) is 5.75 Å². The van der Waals surface area contributed by atoms with Crippen LogP contribution in [0.3, 0.4) is 0 Å². The lowest BCUT2D eigenvalue weighted by atomic mass is 10.1. The van der Waals surface area contributed by atoms with Gasteiger partial charge in [-0.15, -0.1) is 0 Å². The van der Waals surface area contributed by atoms with Crippen molar-refractivity contribution >= 4 is 27.5 Å². The Labute approximate surface area is 231 Å². The Morgan fingerprint density at radius 1 is 0.897 bits per heavy atom. The Morgan fingerprint density at radius 2 is 1.49 bits per heavy atom. The van der Waals surface area contributed by atoms with E-state index in [0.29, 0.717) is 24.3 Å². The van der Waals surface area contributed by atoms with Gasteiger partial charge in [0.05, 0.1) is 17.7 Å². The second kappa shape index (κ2) is 13.8. The molecule has 3 aromatic carbocycles. The van der Waals surface area contributed by atoms with Crippen LogP contribution >= 0.6 is 0 Å². The van der Waals surface area contributed by atoms with Crippen molar-refractivity contribution in [2.75, 3.05) is 24.5 Å². The monoisotopic (exact) mass is 551 g/mol. The highest BCUT2D eigenvalue weighted by atomic mass is 32.2. The second-order valence-electron chi connectivity index (χ2n) is 9.43. The standard InChI is InChI=1S/C30H37N3O5S/c1-5-28(30(35)31-23(2)3)32(21-20-24-12-8-6-9-13-24)29(34)22-33(25-16-18-26(38-4)19-17-25)39(36,37)27-14-10-7-11-15-27/h6-19,23,28H,5,20-22H2,1-4H3,(H,31,35)/t28-/m1/s1. The van der Waals surface area contributed by atoms with Crippen molar-refractivity contribution in [1.82, 2.24) is 10.2 Å². The maximum absolute atomic E-state index is 14.0. The van der Waals surface area contributed by atoms with Gasteiger partial charge < -0.3 is 15.0 Å². The molecule has 0 radical (unpaired) electrons. The normalized spacial score (nSPS) is 12.0. The van der Waals surface area contributed by atoms with Gasteiger partial charge in [-0.25, -0.2) is 8.42 Å². The highest BCUT2D eigenvalue weighted by Gasteiger charge is 2.33. The summed E-state index contributed by atoms with van der Waals surface area (Å²) in [6.45, 7) is 5.35. The number of nitrogens with one attached hydrogen (secondary N) is 1. The van der Waals surface area contributed by atoms with Crippen molar-refractivity contribution in [3.63, 3.8) is 0 Å². The first-order valence-electron chi connectivity index (χ1n) is 13.0. The zero-order chi connectivity index (χ0) is 28.4. The van der Waals surface area contributed by atoms with Gasteiger partial charge in [-0.2, -0.15) is 0 Å². The molecule has 0 aliphatic rings. The smallest absolute Gasteiger partial charge is 0.264 e. The van der Waals surface area contributed by atoms with E-state index in [1.807, 2.05) is 51.1 Å². The molecule has 0 aliphatic carbocycles. The number of amides is 2. The fraction of sp³-hybridized carbons (Fsp3) is 0.333. The molecule has 2 amide bonds. The van der Waals surface area contributed by atoms with Crippen molar-refractivity contribution in [1.29, 1.82) is 0 Å². The van der Waals surface area contributed by atoms with Gasteiger partial charge in [0.2, 0.25) is 11.8 Å². The van der Waals surface area contributed by atoms with Crippen LogP contribution < -0.4 is 14.4 Å². The summed E-state index contributed by atoms with van der Waals surface area (Å²) < 4.78 is 33.9. The number of hydrogen-bond donors (Lipinski definition) is 1. The molecule has 0 aliphatic heterocycles. The quantitative estimate of drug-likeness (QED) is 0.342. The van der Waals surface area contributed by atoms with E-state index in [1.54, 1.807) is 42.5 Å². The summed E-state index contributed by atoms with van der Waals surface area (Å²) in [6, 6.07) is 23.3. The van der Waals surface area contributed by atoms with E-state index in [2.05, 4.69) is 5.32 Å². The second-order valence-corrected chi connectivity index (χ2v) is 11.3. The molecule has 0 aromatic heterocycles. The van der Waals surface area contributed by atoms with Gasteiger partial charge in [0.15, 0.2) is 0 Å². The summed E-state index contributed by atoms with van der Waals surface area (Å²) in [5, 5.41) is 2.90. The number of rotatable bonds is 13. The minimum Gasteiger partial charge on any atom is -0.497 e. The van der Waals surface area contributed by atoms with Crippen LogP contribution in [0.25, 0.3) is 0 Å². The SMILES string of the molecule is CC[C@H](C(=O)NC(C)C)N(CCc1ccccc1)C(=O)CN(c1ccc(OC)cc1)S(=O)(=O)c1ccccc1. The predicted octanol–water partition coefficient (Wildman–Crippen LogP) is 4.27. The molecule has 1 atom stereocenters. The minimum atomic E-state index is -4.10. The van der Waals surface area contributed by atoms with Crippen LogP contribution in [-0.4, -0.2) is 57.4 Å². The van der Waals surface area contributed by atoms with E-state index in [1.165, 1.54) is 24.1 Å². The van der Waals surface area contributed by atoms with Gasteiger partial charge in [-0.3, -0.25) is 13.9 Å². The summed E-state index contributed by atoms with van der Waals surface area (Å²) in [5.74, 6) is -0.175. The molecule has 8 nitrogen and oxygen atoms in total. The van der Waals surface area contributed by atoms with Gasteiger partial charge in [0.25, 0.3) is 10.0 Å². The van der Waals surface area contributed by atoms with E-state index < -0.39 is 28.5 Å². The van der Waals surface area contributed by atoms with Gasteiger partial charge >= 0.3 is 0 Å². The molecule has 0 unspecified atom stereocenters. The molecule has 208 valence electrons. The molecule has 0 bridgehead atoms. The Hall–Kier alpha value is -3.85. The number of benzene rings is 3. The average Bonchev–Trinajstić information content (AvgIpc) is 2.94. The molecule has 39 heavy (non-hydrogen) atoms. The van der Waals surface area contributed by atoms with Gasteiger partial charge in [0.1, 0.15) is 18.3 Å². The number of nitrogens with zero attached hydrogens (tertiary/aromatic N) is 2. The molecule has 0 fully saturated rings. The van der Waals surface area contributed by atoms with E-state index in [4.69, 9.17) is 4.74 Å². The van der Waals surface area contributed by atoms with Gasteiger partial charge in [-0.05, 0) is 68.7 Å². The van der Waals surface area contributed by atoms with E-state index in [-0.39, 0.29) is 23.4 Å². The third-order valence-corrected chi connectivity index (χ3v) is 8.06. The number of ether oxygens (including phenoxy) is 1. The fourth-order valence-corrected chi connectivity index (χ4v) is 5.71. The summed E-state index contributed by atoms with van der Waals surface area (Å²) in [5.41, 5.74) is 1.33. The van der Waals surface area contributed by atoms with E-state index in [0.717, 1.165) is 9.87 Å². The zero-order valence-corrected chi connectivity index (χ0v) is 23.7. The van der Waals surface area contributed by atoms with Crippen molar-refractivity contribution in [2.45, 2.75) is 50.6 Å². The highest BCUT2D eigenvalue weighted by molar-refractivity contribution is 7.92. The first-order valence-corrected chi connectivity index (χ1v) is 14.5. The van der Waals surface area contributed by atoms with Gasteiger partial charge in [-0.1, -0.05) is 55.5 Å². The zero-order valence-electron chi connectivity index (χ0n) is 22.9. The Balaban J connectivity index is 2.00. The first-order chi connectivity index (χ1) is 18.7. The molecule has 3 aromatic rings. The van der Waals surface area contributed by atoms with E-state index in [9.17, 15) is 18.0 Å². The van der Waals surface area contributed by atoms with Crippen molar-refractivity contribution < 1.29 is 22.7 Å². The summed E-state index contributed by atoms with van der Waals surface area (Å²) in [4.78, 5) is 28.7. The van der Waals surface area contributed by atoms with Crippen LogP contribution in [0.5, 0.6) is 5.75 Å². The molecule has 0 saturated carbocycles. The third-order valence-electron chi connectivity index (χ3n) is 6.27. The summed E-state index contributed by atoms with van der Waals surface area (Å²) in [7, 11) is -2.57. The largest absolute Gasteiger partial charge is 0.497 e. The van der Waals surface area contributed by atoms with Crippen LogP contribution in [-0.2, 0) is 26.0 Å². The predicted molar refractivity (Wildman–Crippen MR) is 153 cm³/mol. The van der Waals surface area contributed by atoms with Gasteiger partial charge in [0, 0.05) is 12.6 Å². The Bertz CT molecular complexity index is 1310. The molecular weight excluding hydrogens is 514 g/mol. The molecular formula is C30H37N3O5S. The van der Waals surface area contributed by atoms with Crippen LogP contribution in [0, 0.1) is 0 Å². The van der Waals surface area contributed by atoms with Crippen LogP contribution in [0.1, 0.15) is 32.8 Å². The molecule has 1 N–H and O–H groups in total. The summed E-state index contributed by atoms with van der Waals surface area (Å²) in [6.07, 6.45) is 0.902. The third kappa shape index (κ3) is 7.83. The Kier molecular flexibility index (Phi) is 10.5. The number of carbonyl (C=O) groups is 2. The minimum absolute atomic E-state index is 0.0639. The molecule has 0 heterocycles. The number of methoxy groups -OCH3 is 1. The lowest BCUT2D eigenvalue weighted by Gasteiger charge is -2.33. The van der Waals surface area contributed by atoms with E-state index >= 15 is 0 Å². The number of anilines is 1. The number of hydrogen-bond acceptors (Lipinski definition) is 5. The summed E-state index contributed by atoms with van der Waals surface area (Å²) >= 11 is 0. The topological polar surface area (TPSA) is 96.0 Å². The molecule has 0 spiro atoms. The lowest BCUT2D eigenvalue weighted by Crippen LogP contribution is -2.54. The molecule has 3 rings (SSSR count). The van der Waals surface area contributed by atoms with Crippen LogP contribution in [0.15, 0.2) is 89.8 Å². The Morgan fingerprint density at radius 3 is 2.03 bits per heavy atom. The molecule has 9 heteroatoms. The highest BCUT2D eigenvalue weighted by Crippen LogP contribution is 2.26. The van der Waals surface area contributed by atoms with Crippen molar-refractivity contribution in [3.05, 3.63) is 90.5 Å². The fourth-order valence-electron chi connectivity index (χ4n) is 4.27. The number of carbonyl (C=O) groups excluding carboxylic acids is 2. The maximum atomic E-state index is 14.0. The number of sulfonamides is 1. The maximum Gasteiger partial charge on any atom is 0.264 e. The van der Waals surface area contributed by atoms with Crippen LogP contribution in [0.4, 0.5) is 5.69 Å².